The lowest BCUT2D eigenvalue weighted by Gasteiger charge is -2.35. The molecule has 3 N–H and O–H groups in total. The minimum absolute atomic E-state index is 0.107. The SMILES string of the molecule is CNC(C)(C)CC=CC(=O)N(C)[C@H](Cc1ccc2ccccc2c1)C(=O)N(C)[C@H](Cc1ccc(F)c(F)c1)C(=O)NCC(C)(C)CO. The van der Waals surface area contributed by atoms with Gasteiger partial charge in [0.2, 0.25) is 17.7 Å². The van der Waals surface area contributed by atoms with Gasteiger partial charge in [-0.3, -0.25) is 14.4 Å². The van der Waals surface area contributed by atoms with Crippen LogP contribution in [-0.4, -0.2) is 84.5 Å². The summed E-state index contributed by atoms with van der Waals surface area (Å²) in [5.74, 6) is -3.49. The van der Waals surface area contributed by atoms with Gasteiger partial charge in [0.15, 0.2) is 11.6 Å². The van der Waals surface area contributed by atoms with Crippen molar-refractivity contribution in [3.05, 3.63) is 95.6 Å². The third-order valence-corrected chi connectivity index (χ3v) is 8.61. The molecular formula is C37H48F2N4O4. The molecule has 0 unspecified atom stereocenters. The van der Waals surface area contributed by atoms with Gasteiger partial charge in [0.05, 0.1) is 0 Å². The van der Waals surface area contributed by atoms with Crippen LogP contribution in [0.15, 0.2) is 72.8 Å². The Morgan fingerprint density at radius 1 is 0.851 bits per heavy atom. The molecule has 0 heterocycles. The first-order chi connectivity index (χ1) is 22.1. The van der Waals surface area contributed by atoms with Crippen LogP contribution >= 0.6 is 0 Å². The molecule has 2 atom stereocenters. The summed E-state index contributed by atoms with van der Waals surface area (Å²) in [7, 11) is 4.87. The summed E-state index contributed by atoms with van der Waals surface area (Å²) in [6, 6.07) is 14.9. The maximum Gasteiger partial charge on any atom is 0.246 e. The minimum Gasteiger partial charge on any atom is -0.396 e. The lowest BCUT2D eigenvalue weighted by molar-refractivity contribution is -0.146. The molecule has 3 aromatic rings. The quantitative estimate of drug-likeness (QED) is 0.208. The van der Waals surface area contributed by atoms with Crippen molar-refractivity contribution in [2.75, 3.05) is 34.3 Å². The summed E-state index contributed by atoms with van der Waals surface area (Å²) in [6.45, 7) is 7.50. The van der Waals surface area contributed by atoms with Gasteiger partial charge in [-0.1, -0.05) is 68.5 Å². The Hall–Kier alpha value is -4.15. The van der Waals surface area contributed by atoms with Crippen molar-refractivity contribution >= 4 is 28.5 Å². The number of likely N-dealkylation sites (N-methyl/N-ethyl adjacent to an activating group) is 2. The number of aliphatic hydroxyl groups excluding tert-OH is 1. The van der Waals surface area contributed by atoms with Gasteiger partial charge in [-0.15, -0.1) is 0 Å². The highest BCUT2D eigenvalue weighted by atomic mass is 19.2. The largest absolute Gasteiger partial charge is 0.396 e. The standard InChI is InChI=1S/C37H48F2N4O4/c1-36(2,24-44)23-41-34(46)31(21-26-15-17-29(38)30(39)20-26)43(7)35(47)32(42(6)33(45)13-10-18-37(3,4)40-5)22-25-14-16-27-11-8-9-12-28(27)19-25/h8-17,19-20,31-32,40,44H,18,21-24H2,1-7H3,(H,41,46)/t31-,32-/m1/s1. The van der Waals surface area contributed by atoms with Crippen LogP contribution in [0.2, 0.25) is 0 Å². The van der Waals surface area contributed by atoms with Crippen molar-refractivity contribution in [1.29, 1.82) is 0 Å². The average Bonchev–Trinajstić information content (AvgIpc) is 3.05. The molecule has 0 aromatic heterocycles. The van der Waals surface area contributed by atoms with E-state index in [4.69, 9.17) is 0 Å². The molecule has 0 saturated carbocycles. The van der Waals surface area contributed by atoms with Crippen LogP contribution in [0, 0.1) is 17.0 Å². The van der Waals surface area contributed by atoms with E-state index in [1.54, 1.807) is 27.0 Å². The van der Waals surface area contributed by atoms with Crippen LogP contribution in [0.25, 0.3) is 10.8 Å². The fourth-order valence-corrected chi connectivity index (χ4v) is 4.99. The van der Waals surface area contributed by atoms with Gasteiger partial charge in [0.25, 0.3) is 0 Å². The van der Waals surface area contributed by atoms with Crippen molar-refractivity contribution < 1.29 is 28.3 Å². The smallest absolute Gasteiger partial charge is 0.246 e. The van der Waals surface area contributed by atoms with Gasteiger partial charge in [-0.2, -0.15) is 0 Å². The highest BCUT2D eigenvalue weighted by Crippen LogP contribution is 2.21. The van der Waals surface area contributed by atoms with Crippen LogP contribution in [0.1, 0.15) is 45.2 Å². The summed E-state index contributed by atoms with van der Waals surface area (Å²) in [5, 5.41) is 17.7. The molecule has 3 amide bonds. The van der Waals surface area contributed by atoms with Crippen LogP contribution < -0.4 is 10.6 Å². The fourth-order valence-electron chi connectivity index (χ4n) is 4.99. The number of rotatable bonds is 15. The number of hydrogen-bond donors (Lipinski definition) is 3. The van der Waals surface area contributed by atoms with Crippen molar-refractivity contribution in [2.24, 2.45) is 5.41 Å². The van der Waals surface area contributed by atoms with Crippen molar-refractivity contribution in [3.63, 3.8) is 0 Å². The predicted octanol–water partition coefficient (Wildman–Crippen LogP) is 4.64. The number of amides is 3. The molecule has 3 rings (SSSR count). The van der Waals surface area contributed by atoms with E-state index >= 15 is 0 Å². The zero-order chi connectivity index (χ0) is 34.9. The van der Waals surface area contributed by atoms with Crippen molar-refractivity contribution in [1.82, 2.24) is 20.4 Å². The number of halogens is 2. The monoisotopic (exact) mass is 650 g/mol. The van der Waals surface area contributed by atoms with Gasteiger partial charge in [0, 0.05) is 51.0 Å². The molecule has 47 heavy (non-hydrogen) atoms. The second-order valence-corrected chi connectivity index (χ2v) is 13.5. The Balaban J connectivity index is 1.99. The van der Waals surface area contributed by atoms with Gasteiger partial charge in [-0.05, 0) is 67.4 Å². The molecule has 10 heteroatoms. The molecule has 0 bridgehead atoms. The number of aliphatic hydroxyl groups is 1. The van der Waals surface area contributed by atoms with Crippen LogP contribution in [0.3, 0.4) is 0 Å². The number of carbonyl (C=O) groups is 3. The summed E-state index contributed by atoms with van der Waals surface area (Å²) in [4.78, 5) is 44.2. The fraction of sp³-hybridized carbons (Fsp3) is 0.432. The molecular weight excluding hydrogens is 602 g/mol. The Bertz CT molecular complexity index is 1590. The normalized spacial score (nSPS) is 13.4. The lowest BCUT2D eigenvalue weighted by Crippen LogP contribution is -2.56. The van der Waals surface area contributed by atoms with Crippen LogP contribution in [0.5, 0.6) is 0 Å². The molecule has 0 saturated heterocycles. The number of nitrogens with one attached hydrogen (secondary N) is 2. The predicted molar refractivity (Wildman–Crippen MR) is 182 cm³/mol. The van der Waals surface area contributed by atoms with E-state index in [0.29, 0.717) is 12.0 Å². The molecule has 0 fully saturated rings. The highest BCUT2D eigenvalue weighted by Gasteiger charge is 2.35. The summed E-state index contributed by atoms with van der Waals surface area (Å²) < 4.78 is 27.9. The number of nitrogens with zero attached hydrogens (tertiary/aromatic N) is 2. The van der Waals surface area contributed by atoms with E-state index in [1.807, 2.05) is 63.4 Å². The van der Waals surface area contributed by atoms with Gasteiger partial charge < -0.3 is 25.5 Å². The average molecular weight is 651 g/mol. The maximum atomic E-state index is 14.4. The number of hydrogen-bond acceptors (Lipinski definition) is 5. The third kappa shape index (κ3) is 10.4. The van der Waals surface area contributed by atoms with E-state index in [-0.39, 0.29) is 37.4 Å². The van der Waals surface area contributed by atoms with Gasteiger partial charge in [0.1, 0.15) is 12.1 Å². The summed E-state index contributed by atoms with van der Waals surface area (Å²) in [5.41, 5.74) is 0.267. The van der Waals surface area contributed by atoms with Crippen molar-refractivity contribution in [2.45, 2.75) is 64.6 Å². The molecule has 0 aliphatic heterocycles. The molecule has 0 spiro atoms. The van der Waals surface area contributed by atoms with E-state index in [0.717, 1.165) is 28.5 Å². The topological polar surface area (TPSA) is 102 Å². The molecule has 8 nitrogen and oxygen atoms in total. The number of fused-ring (bicyclic) bond motifs is 1. The molecule has 254 valence electrons. The van der Waals surface area contributed by atoms with E-state index in [2.05, 4.69) is 10.6 Å². The molecule has 0 aliphatic carbocycles. The first-order valence-corrected chi connectivity index (χ1v) is 15.8. The second kappa shape index (κ2) is 16.1. The van der Waals surface area contributed by atoms with Gasteiger partial charge in [-0.25, -0.2) is 8.78 Å². The first kappa shape index (κ1) is 37.3. The summed E-state index contributed by atoms with van der Waals surface area (Å²) in [6.07, 6.45) is 3.85. The Morgan fingerprint density at radius 2 is 1.47 bits per heavy atom. The maximum absolute atomic E-state index is 14.4. The van der Waals surface area contributed by atoms with Crippen LogP contribution in [-0.2, 0) is 27.2 Å². The van der Waals surface area contributed by atoms with E-state index < -0.39 is 40.9 Å². The number of carbonyl (C=O) groups excluding carboxylic acids is 3. The Morgan fingerprint density at radius 3 is 2.11 bits per heavy atom. The van der Waals surface area contributed by atoms with E-state index in [1.165, 1.54) is 29.0 Å². The second-order valence-electron chi connectivity index (χ2n) is 13.5. The molecule has 3 aromatic carbocycles. The van der Waals surface area contributed by atoms with E-state index in [9.17, 15) is 28.3 Å². The zero-order valence-electron chi connectivity index (χ0n) is 28.4. The van der Waals surface area contributed by atoms with Gasteiger partial charge >= 0.3 is 0 Å². The summed E-state index contributed by atoms with van der Waals surface area (Å²) >= 11 is 0. The zero-order valence-corrected chi connectivity index (χ0v) is 28.4. The third-order valence-electron chi connectivity index (χ3n) is 8.61. The highest BCUT2D eigenvalue weighted by molar-refractivity contribution is 5.95. The minimum atomic E-state index is -1.13. The Kier molecular flexibility index (Phi) is 12.8. The Labute approximate surface area is 276 Å². The number of benzene rings is 3. The lowest BCUT2D eigenvalue weighted by atomic mass is 9.94. The van der Waals surface area contributed by atoms with Crippen LogP contribution in [0.4, 0.5) is 8.78 Å². The molecule has 0 aliphatic rings. The first-order valence-electron chi connectivity index (χ1n) is 15.8. The van der Waals surface area contributed by atoms with Crippen molar-refractivity contribution in [3.8, 4) is 0 Å². The molecule has 0 radical (unpaired) electrons.